The van der Waals surface area contributed by atoms with E-state index in [0.717, 1.165) is 44.7 Å². The Balaban J connectivity index is 1.28. The Morgan fingerprint density at radius 1 is 0.860 bits per heavy atom. The van der Waals surface area contributed by atoms with Gasteiger partial charge in [-0.05, 0) is 73.7 Å². The van der Waals surface area contributed by atoms with Crippen LogP contribution in [0.2, 0.25) is 5.02 Å². The number of carbonyl (C=O) groups excluding carboxylic acids is 1. The van der Waals surface area contributed by atoms with Gasteiger partial charge < -0.3 is 9.80 Å². The number of hydrogen-bond donors (Lipinski definition) is 0. The zero-order valence-electron chi connectivity index (χ0n) is 24.1. The van der Waals surface area contributed by atoms with Gasteiger partial charge in [0, 0.05) is 55.7 Å². The van der Waals surface area contributed by atoms with Gasteiger partial charge in [-0.2, -0.15) is 26.3 Å². The molecule has 0 aromatic heterocycles. The van der Waals surface area contributed by atoms with Crippen LogP contribution in [0.3, 0.4) is 0 Å². The van der Waals surface area contributed by atoms with Gasteiger partial charge in [-0.1, -0.05) is 43.0 Å². The Bertz CT molecular complexity index is 1240. The highest BCUT2D eigenvalue weighted by Gasteiger charge is 2.42. The zero-order chi connectivity index (χ0) is 30.8. The molecule has 2 aromatic rings. The highest BCUT2D eigenvalue weighted by molar-refractivity contribution is 6.30. The molecule has 1 saturated carbocycles. The molecule has 1 amide bonds. The minimum absolute atomic E-state index is 0.0863. The quantitative estimate of drug-likeness (QED) is 0.298. The van der Waals surface area contributed by atoms with Crippen LogP contribution in [-0.4, -0.2) is 72.5 Å². The Morgan fingerprint density at radius 2 is 1.51 bits per heavy atom. The molecular formula is C32H38ClF6N3O. The van der Waals surface area contributed by atoms with Gasteiger partial charge in [-0.15, -0.1) is 0 Å². The predicted molar refractivity (Wildman–Crippen MR) is 154 cm³/mol. The lowest BCUT2D eigenvalue weighted by Gasteiger charge is -2.41. The summed E-state index contributed by atoms with van der Waals surface area (Å²) in [6.07, 6.45) is -2.57. The van der Waals surface area contributed by atoms with Crippen LogP contribution in [0.1, 0.15) is 67.2 Å². The summed E-state index contributed by atoms with van der Waals surface area (Å²) < 4.78 is 80.2. The van der Waals surface area contributed by atoms with Crippen molar-refractivity contribution < 1.29 is 31.1 Å². The third kappa shape index (κ3) is 7.87. The van der Waals surface area contributed by atoms with Gasteiger partial charge >= 0.3 is 12.4 Å². The molecule has 1 atom stereocenters. The van der Waals surface area contributed by atoms with Crippen molar-refractivity contribution in [1.82, 2.24) is 14.7 Å². The number of hydrogen-bond acceptors (Lipinski definition) is 3. The number of halogens is 7. The predicted octanol–water partition coefficient (Wildman–Crippen LogP) is 7.43. The van der Waals surface area contributed by atoms with Crippen LogP contribution < -0.4 is 0 Å². The highest BCUT2D eigenvalue weighted by Crippen LogP contribution is 2.40. The van der Waals surface area contributed by atoms with Crippen LogP contribution in [0, 0.1) is 0 Å². The van der Waals surface area contributed by atoms with E-state index in [0.29, 0.717) is 42.7 Å². The second-order valence-electron chi connectivity index (χ2n) is 12.4. The lowest BCUT2D eigenvalue weighted by molar-refractivity contribution is -0.143. The van der Waals surface area contributed by atoms with Crippen molar-refractivity contribution in [3.8, 4) is 0 Å². The average molecular weight is 630 g/mol. The fourth-order valence-electron chi connectivity index (χ4n) is 7.07. The molecule has 11 heteroatoms. The van der Waals surface area contributed by atoms with Crippen molar-refractivity contribution in [2.24, 2.45) is 0 Å². The number of piperazine rings is 1. The van der Waals surface area contributed by atoms with Gasteiger partial charge in [0.05, 0.1) is 17.5 Å². The molecule has 236 valence electrons. The third-order valence-electron chi connectivity index (χ3n) is 9.55. The normalized spacial score (nSPS) is 23.2. The zero-order valence-corrected chi connectivity index (χ0v) is 24.9. The third-order valence-corrected chi connectivity index (χ3v) is 9.79. The molecule has 5 rings (SSSR count). The summed E-state index contributed by atoms with van der Waals surface area (Å²) >= 11 is 6.35. The van der Waals surface area contributed by atoms with Crippen molar-refractivity contribution in [2.45, 2.75) is 75.2 Å². The van der Waals surface area contributed by atoms with Crippen molar-refractivity contribution >= 4 is 17.5 Å². The van der Waals surface area contributed by atoms with Gasteiger partial charge in [-0.25, -0.2) is 0 Å². The molecule has 0 radical (unpaired) electrons. The Morgan fingerprint density at radius 3 is 2.12 bits per heavy atom. The lowest BCUT2D eigenvalue weighted by atomic mass is 9.76. The summed E-state index contributed by atoms with van der Waals surface area (Å²) in [6, 6.07) is 9.60. The van der Waals surface area contributed by atoms with Crippen LogP contribution in [0.4, 0.5) is 26.3 Å². The largest absolute Gasteiger partial charge is 0.416 e. The van der Waals surface area contributed by atoms with E-state index in [1.54, 1.807) is 11.0 Å². The van der Waals surface area contributed by atoms with Crippen LogP contribution in [0.25, 0.3) is 0 Å². The van der Waals surface area contributed by atoms with Gasteiger partial charge in [0.15, 0.2) is 0 Å². The molecule has 3 aliphatic rings. The topological polar surface area (TPSA) is 26.8 Å². The standard InChI is InChI=1S/C32H38ClF6N3O/c33-27-6-4-5-24(21-27)30(9-11-40-13-15-41(16-14-40)28-7-2-1-3-8-28)10-12-42(22-30)29(43)19-23-17-25(31(34,35)36)20-26(18-23)32(37,38)39/h4-6,17-18,20-21,28H,1-3,7-16,19,22H2. The van der Waals surface area contributed by atoms with E-state index in [4.69, 9.17) is 11.6 Å². The summed E-state index contributed by atoms with van der Waals surface area (Å²) in [4.78, 5) is 20.0. The second kappa shape index (κ2) is 13.0. The first-order valence-corrected chi connectivity index (χ1v) is 15.5. The molecule has 0 spiro atoms. The fraction of sp³-hybridized carbons (Fsp3) is 0.594. The maximum atomic E-state index is 13.4. The summed E-state index contributed by atoms with van der Waals surface area (Å²) in [6.45, 7) is 5.55. The Labute approximate surface area is 254 Å². The molecule has 2 saturated heterocycles. The number of amides is 1. The highest BCUT2D eigenvalue weighted by atomic mass is 35.5. The first kappa shape index (κ1) is 32.1. The molecule has 2 heterocycles. The van der Waals surface area contributed by atoms with Gasteiger partial charge in [0.2, 0.25) is 5.91 Å². The van der Waals surface area contributed by atoms with E-state index < -0.39 is 41.2 Å². The molecule has 3 fully saturated rings. The molecule has 2 aliphatic heterocycles. The first-order chi connectivity index (χ1) is 20.3. The maximum Gasteiger partial charge on any atom is 0.416 e. The molecule has 0 N–H and O–H groups in total. The van der Waals surface area contributed by atoms with E-state index in [-0.39, 0.29) is 11.6 Å². The number of benzene rings is 2. The van der Waals surface area contributed by atoms with E-state index in [2.05, 4.69) is 9.80 Å². The Hall–Kier alpha value is -2.30. The molecule has 4 nitrogen and oxygen atoms in total. The van der Waals surface area contributed by atoms with E-state index in [1.807, 2.05) is 18.2 Å². The maximum absolute atomic E-state index is 13.4. The SMILES string of the molecule is O=C(Cc1cc(C(F)(F)F)cc(C(F)(F)F)c1)N1CCC(CCN2CCN(C3CCCCC3)CC2)(c2cccc(Cl)c2)C1. The lowest BCUT2D eigenvalue weighted by Crippen LogP contribution is -2.51. The van der Waals surface area contributed by atoms with Gasteiger partial charge in [-0.3, -0.25) is 9.69 Å². The number of likely N-dealkylation sites (tertiary alicyclic amines) is 1. The average Bonchev–Trinajstić information content (AvgIpc) is 3.42. The fourth-order valence-corrected chi connectivity index (χ4v) is 7.26. The summed E-state index contributed by atoms with van der Waals surface area (Å²) in [5.74, 6) is -0.488. The summed E-state index contributed by atoms with van der Waals surface area (Å²) in [7, 11) is 0. The van der Waals surface area contributed by atoms with Crippen LogP contribution >= 0.6 is 11.6 Å². The van der Waals surface area contributed by atoms with Crippen LogP contribution in [0.15, 0.2) is 42.5 Å². The minimum atomic E-state index is -4.96. The van der Waals surface area contributed by atoms with Gasteiger partial charge in [0.25, 0.3) is 0 Å². The molecule has 0 bridgehead atoms. The number of rotatable bonds is 7. The minimum Gasteiger partial charge on any atom is -0.341 e. The van der Waals surface area contributed by atoms with Crippen molar-refractivity contribution in [3.63, 3.8) is 0 Å². The Kier molecular flexibility index (Phi) is 9.69. The van der Waals surface area contributed by atoms with Crippen LogP contribution in [-0.2, 0) is 29.0 Å². The summed E-state index contributed by atoms with van der Waals surface area (Å²) in [5, 5.41) is 0.575. The van der Waals surface area contributed by atoms with Crippen molar-refractivity contribution in [1.29, 1.82) is 0 Å². The second-order valence-corrected chi connectivity index (χ2v) is 12.8. The molecule has 2 aromatic carbocycles. The molecule has 43 heavy (non-hydrogen) atoms. The smallest absolute Gasteiger partial charge is 0.341 e. The number of alkyl halides is 6. The summed E-state index contributed by atoms with van der Waals surface area (Å²) in [5.41, 5.74) is -2.55. The van der Waals surface area contributed by atoms with E-state index in [1.165, 1.54) is 32.1 Å². The van der Waals surface area contributed by atoms with E-state index >= 15 is 0 Å². The molecule has 1 unspecified atom stereocenters. The van der Waals surface area contributed by atoms with Crippen LogP contribution in [0.5, 0.6) is 0 Å². The van der Waals surface area contributed by atoms with Crippen molar-refractivity contribution in [3.05, 3.63) is 69.7 Å². The van der Waals surface area contributed by atoms with Crippen molar-refractivity contribution in [2.75, 3.05) is 45.8 Å². The number of nitrogens with zero attached hydrogens (tertiary/aromatic N) is 3. The number of carbonyl (C=O) groups is 1. The molecule has 1 aliphatic carbocycles. The van der Waals surface area contributed by atoms with Gasteiger partial charge in [0.1, 0.15) is 0 Å². The van der Waals surface area contributed by atoms with E-state index in [9.17, 15) is 31.1 Å². The molecular weight excluding hydrogens is 592 g/mol. The monoisotopic (exact) mass is 629 g/mol. The first-order valence-electron chi connectivity index (χ1n) is 15.1.